The molecule has 1 N–H and O–H groups in total. The van der Waals surface area contributed by atoms with Crippen molar-refractivity contribution in [1.29, 1.82) is 0 Å². The first kappa shape index (κ1) is 27.9. The van der Waals surface area contributed by atoms with Crippen molar-refractivity contribution in [1.82, 2.24) is 0 Å². The maximum absolute atomic E-state index is 14.8. The molecule has 3 nitrogen and oxygen atoms in total. The van der Waals surface area contributed by atoms with Crippen LogP contribution in [0.5, 0.6) is 0 Å². The Morgan fingerprint density at radius 2 is 1.29 bits per heavy atom. The summed E-state index contributed by atoms with van der Waals surface area (Å²) in [5, 5.41) is 13.2. The number of ketones is 1. The van der Waals surface area contributed by atoms with Crippen molar-refractivity contribution >= 4 is 27.4 Å². The molecule has 0 fully saturated rings. The number of rotatable bonds is 9. The number of carbonyl (C=O) groups excluding carboxylic acids is 1. The van der Waals surface area contributed by atoms with Crippen molar-refractivity contribution in [2.45, 2.75) is 81.6 Å². The highest BCUT2D eigenvalue weighted by atomic mass is 32.2. The molecular formula is C34H38O3S. The maximum atomic E-state index is 14.8. The quantitative estimate of drug-likeness (QED) is 0.222. The van der Waals surface area contributed by atoms with Crippen LogP contribution in [0.15, 0.2) is 88.7 Å². The topological polar surface area (TPSA) is 54.4 Å². The summed E-state index contributed by atoms with van der Waals surface area (Å²) in [5.41, 5.74) is 4.50. The van der Waals surface area contributed by atoms with Crippen LogP contribution in [-0.4, -0.2) is 15.1 Å². The van der Waals surface area contributed by atoms with Crippen molar-refractivity contribution in [2.75, 3.05) is 0 Å². The molecule has 0 saturated carbocycles. The second-order valence-corrected chi connectivity index (χ2v) is 12.3. The number of fused-ring (bicyclic) bond motifs is 1. The highest BCUT2D eigenvalue weighted by Gasteiger charge is 2.28. The van der Waals surface area contributed by atoms with Gasteiger partial charge in [0, 0.05) is 12.0 Å². The van der Waals surface area contributed by atoms with Gasteiger partial charge in [-0.25, -0.2) is 4.21 Å². The van der Waals surface area contributed by atoms with Gasteiger partial charge in [0.1, 0.15) is 0 Å². The lowest BCUT2D eigenvalue weighted by molar-refractivity contribution is 0.0877. The van der Waals surface area contributed by atoms with Gasteiger partial charge in [-0.3, -0.25) is 4.79 Å². The van der Waals surface area contributed by atoms with Crippen LogP contribution < -0.4 is 0 Å². The number of hydrogen-bond acceptors (Lipinski definition) is 3. The van der Waals surface area contributed by atoms with E-state index in [9.17, 15) is 14.1 Å². The summed E-state index contributed by atoms with van der Waals surface area (Å²) in [6, 6.07) is 25.0. The van der Waals surface area contributed by atoms with Gasteiger partial charge in [-0.05, 0) is 50.8 Å². The molecule has 0 aliphatic rings. The van der Waals surface area contributed by atoms with E-state index < -0.39 is 16.9 Å². The van der Waals surface area contributed by atoms with E-state index in [1.54, 1.807) is 12.1 Å². The Hall–Kier alpha value is -3.08. The van der Waals surface area contributed by atoms with Crippen LogP contribution in [0.25, 0.3) is 10.8 Å². The van der Waals surface area contributed by atoms with Crippen LogP contribution in [-0.2, 0) is 10.8 Å². The highest BCUT2D eigenvalue weighted by molar-refractivity contribution is 7.85. The maximum Gasteiger partial charge on any atom is 0.165 e. The van der Waals surface area contributed by atoms with Gasteiger partial charge in [0.2, 0.25) is 0 Å². The molecule has 4 aromatic rings. The van der Waals surface area contributed by atoms with Crippen LogP contribution >= 0.6 is 0 Å². The zero-order valence-electron chi connectivity index (χ0n) is 23.2. The van der Waals surface area contributed by atoms with Gasteiger partial charge in [-0.2, -0.15) is 0 Å². The predicted octanol–water partition coefficient (Wildman–Crippen LogP) is 8.68. The Balaban J connectivity index is 1.92. The molecule has 38 heavy (non-hydrogen) atoms. The molecule has 198 valence electrons. The normalized spacial score (nSPS) is 13.4. The molecule has 0 radical (unpaired) electrons. The monoisotopic (exact) mass is 526 g/mol. The van der Waals surface area contributed by atoms with E-state index in [4.69, 9.17) is 0 Å². The Morgan fingerprint density at radius 1 is 0.711 bits per heavy atom. The van der Waals surface area contributed by atoms with E-state index in [1.165, 1.54) is 5.56 Å². The Labute approximate surface area is 229 Å². The standard InChI is InChI=1S/C34H38O3S/c1-21(2)26-18-29(22(3)4)34(30(19-26)23(5)6)38(37)33-27-15-11-10-12-24(27)16-17-28(33)32(36)20-31(35)25-13-8-7-9-14-25/h7-19,21-23,32,36H,20H2,1-6H3/t32-,38+/m1/s1. The summed E-state index contributed by atoms with van der Waals surface area (Å²) >= 11 is 0. The number of aliphatic hydroxyl groups is 1. The van der Waals surface area contributed by atoms with Gasteiger partial charge in [0.15, 0.2) is 5.78 Å². The van der Waals surface area contributed by atoms with Crippen LogP contribution in [0.3, 0.4) is 0 Å². The lowest BCUT2D eigenvalue weighted by atomic mass is 9.89. The molecule has 0 unspecified atom stereocenters. The van der Waals surface area contributed by atoms with Gasteiger partial charge in [0.05, 0.1) is 26.7 Å². The molecule has 0 saturated heterocycles. The fourth-order valence-corrected chi connectivity index (χ4v) is 6.99. The zero-order valence-corrected chi connectivity index (χ0v) is 24.0. The molecule has 0 heterocycles. The van der Waals surface area contributed by atoms with E-state index in [0.717, 1.165) is 26.8 Å². The average Bonchev–Trinajstić information content (AvgIpc) is 2.91. The minimum absolute atomic E-state index is 0.0765. The lowest BCUT2D eigenvalue weighted by Crippen LogP contribution is -2.13. The molecule has 4 rings (SSSR count). The van der Waals surface area contributed by atoms with Crippen molar-refractivity contribution in [3.8, 4) is 0 Å². The molecule has 0 aliphatic heterocycles. The number of Topliss-reactive ketones (excluding diaryl/α,β-unsaturated/α-hetero) is 1. The summed E-state index contributed by atoms with van der Waals surface area (Å²) < 4.78 is 14.8. The molecule has 4 aromatic carbocycles. The molecule has 0 aromatic heterocycles. The first-order valence-electron chi connectivity index (χ1n) is 13.5. The van der Waals surface area contributed by atoms with E-state index in [2.05, 4.69) is 53.7 Å². The minimum atomic E-state index is -1.57. The van der Waals surface area contributed by atoms with Crippen molar-refractivity contribution in [3.63, 3.8) is 0 Å². The fourth-order valence-electron chi connectivity index (χ4n) is 4.96. The van der Waals surface area contributed by atoms with Crippen LogP contribution in [0.1, 0.15) is 104 Å². The molecular weight excluding hydrogens is 488 g/mol. The smallest absolute Gasteiger partial charge is 0.165 e. The Bertz CT molecular complexity index is 1440. The second kappa shape index (κ2) is 11.8. The summed E-state index contributed by atoms with van der Waals surface area (Å²) in [7, 11) is -1.57. The van der Waals surface area contributed by atoms with Crippen LogP contribution in [0.2, 0.25) is 0 Å². The van der Waals surface area contributed by atoms with Crippen LogP contribution in [0.4, 0.5) is 0 Å². The number of aliphatic hydroxyl groups excluding tert-OH is 1. The number of carbonyl (C=O) groups is 1. The minimum Gasteiger partial charge on any atom is -0.388 e. The van der Waals surface area contributed by atoms with E-state index in [-0.39, 0.29) is 24.0 Å². The van der Waals surface area contributed by atoms with Crippen molar-refractivity contribution < 1.29 is 14.1 Å². The largest absolute Gasteiger partial charge is 0.388 e. The van der Waals surface area contributed by atoms with E-state index in [1.807, 2.05) is 54.6 Å². The predicted molar refractivity (Wildman–Crippen MR) is 158 cm³/mol. The van der Waals surface area contributed by atoms with Crippen LogP contribution in [0, 0.1) is 0 Å². The Kier molecular flexibility index (Phi) is 8.64. The SMILES string of the molecule is CC(C)c1cc(C(C)C)c([S@@](=O)c2c([C@H](O)CC(=O)c3ccccc3)ccc3ccccc23)c(C(C)C)c1. The van der Waals surface area contributed by atoms with Gasteiger partial charge in [-0.15, -0.1) is 0 Å². The van der Waals surface area contributed by atoms with Crippen molar-refractivity contribution in [3.05, 3.63) is 107 Å². The fraction of sp³-hybridized carbons (Fsp3) is 0.324. The van der Waals surface area contributed by atoms with Gasteiger partial charge in [0.25, 0.3) is 0 Å². The third kappa shape index (κ3) is 5.67. The van der Waals surface area contributed by atoms with E-state index in [0.29, 0.717) is 21.9 Å². The average molecular weight is 527 g/mol. The van der Waals surface area contributed by atoms with Gasteiger partial charge < -0.3 is 5.11 Å². The first-order valence-corrected chi connectivity index (χ1v) is 14.6. The van der Waals surface area contributed by atoms with Gasteiger partial charge in [-0.1, -0.05) is 120 Å². The third-order valence-electron chi connectivity index (χ3n) is 7.19. The molecule has 0 spiro atoms. The highest BCUT2D eigenvalue weighted by Crippen LogP contribution is 2.40. The van der Waals surface area contributed by atoms with Crippen molar-refractivity contribution in [2.24, 2.45) is 0 Å². The summed E-state index contributed by atoms with van der Waals surface area (Å²) in [5.74, 6) is 0.558. The van der Waals surface area contributed by atoms with Gasteiger partial charge >= 0.3 is 0 Å². The van der Waals surface area contributed by atoms with E-state index >= 15 is 0 Å². The summed E-state index contributed by atoms with van der Waals surface area (Å²) in [4.78, 5) is 14.4. The molecule has 2 atom stereocenters. The molecule has 0 amide bonds. The molecule has 0 bridgehead atoms. The lowest BCUT2D eigenvalue weighted by Gasteiger charge is -2.24. The molecule has 4 heteroatoms. The number of benzene rings is 4. The summed E-state index contributed by atoms with van der Waals surface area (Å²) in [6.07, 6.45) is -1.15. The second-order valence-electron chi connectivity index (χ2n) is 11.0. The zero-order chi connectivity index (χ0) is 27.6. The Morgan fingerprint density at radius 3 is 1.87 bits per heavy atom. The summed E-state index contributed by atoms with van der Waals surface area (Å²) in [6.45, 7) is 12.9. The molecule has 0 aliphatic carbocycles. The number of hydrogen-bond donors (Lipinski definition) is 1. The third-order valence-corrected chi connectivity index (χ3v) is 8.86. The first-order chi connectivity index (χ1) is 18.1.